The Balaban J connectivity index is 2.56. The van der Waals surface area contributed by atoms with Crippen molar-refractivity contribution >= 4 is 38.4 Å². The number of halogens is 2. The molecule has 0 bridgehead atoms. The Bertz CT molecular complexity index is 564. The van der Waals surface area contributed by atoms with Crippen LogP contribution in [0.15, 0.2) is 33.5 Å². The maximum atomic E-state index is 11.7. The van der Waals surface area contributed by atoms with E-state index in [1.54, 1.807) is 0 Å². The Morgan fingerprint density at radius 1 is 1.38 bits per heavy atom. The first-order valence-corrected chi connectivity index (χ1v) is 6.41. The van der Waals surface area contributed by atoms with Crippen LogP contribution in [0.2, 0.25) is 0 Å². The molecule has 0 atom stereocenters. The molecule has 0 aliphatic rings. The molecule has 1 aromatic carbocycles. The summed E-state index contributed by atoms with van der Waals surface area (Å²) in [5, 5.41) is 1.03. The van der Waals surface area contributed by atoms with Crippen LogP contribution in [0, 0.1) is 0 Å². The quantitative estimate of drug-likeness (QED) is 0.865. The van der Waals surface area contributed by atoms with E-state index in [1.165, 1.54) is 0 Å². The van der Waals surface area contributed by atoms with Crippen molar-refractivity contribution in [3.8, 4) is 0 Å². The molecule has 1 aromatic heterocycles. The van der Waals surface area contributed by atoms with Crippen LogP contribution in [0.3, 0.4) is 0 Å². The van der Waals surface area contributed by atoms with Crippen LogP contribution in [0.4, 0.5) is 0 Å². The van der Waals surface area contributed by atoms with E-state index in [1.807, 2.05) is 24.3 Å². The predicted octanol–water partition coefficient (Wildman–Crippen LogP) is 3.46. The second-order valence-corrected chi connectivity index (χ2v) is 4.85. The maximum Gasteiger partial charge on any atom is 0.251 e. The Morgan fingerprint density at radius 3 is 2.94 bits per heavy atom. The first-order chi connectivity index (χ1) is 7.72. The molecule has 16 heavy (non-hydrogen) atoms. The summed E-state index contributed by atoms with van der Waals surface area (Å²) in [7, 11) is 0. The predicted molar refractivity (Wildman–Crippen MR) is 71.3 cm³/mol. The van der Waals surface area contributed by atoms with Gasteiger partial charge in [0.05, 0.1) is 0 Å². The summed E-state index contributed by atoms with van der Waals surface area (Å²) in [5.41, 5.74) is 1.63. The molecule has 0 aliphatic carbocycles. The minimum Gasteiger partial charge on any atom is -0.322 e. The van der Waals surface area contributed by atoms with Crippen molar-refractivity contribution in [3.63, 3.8) is 0 Å². The van der Waals surface area contributed by atoms with Crippen LogP contribution in [0.25, 0.3) is 10.9 Å². The number of aromatic amines is 1. The number of nitrogens with one attached hydrogen (secondary N) is 1. The number of alkyl halides is 1. The lowest BCUT2D eigenvalue weighted by molar-refractivity contribution is 0.912. The lowest BCUT2D eigenvalue weighted by Crippen LogP contribution is -2.12. The Morgan fingerprint density at radius 2 is 2.19 bits per heavy atom. The molecule has 2 aromatic rings. The van der Waals surface area contributed by atoms with E-state index in [0.29, 0.717) is 5.88 Å². The molecule has 4 heteroatoms. The third kappa shape index (κ3) is 2.30. The summed E-state index contributed by atoms with van der Waals surface area (Å²) in [4.78, 5) is 14.6. The summed E-state index contributed by atoms with van der Waals surface area (Å²) in [6, 6.07) is 7.70. The molecule has 0 saturated heterocycles. The Hall–Kier alpha value is -0.800. The van der Waals surface area contributed by atoms with Crippen LogP contribution in [-0.2, 0) is 6.42 Å². The summed E-state index contributed by atoms with van der Waals surface area (Å²) in [5.74, 6) is 0.577. The molecular weight excluding hydrogens is 289 g/mol. The number of pyridine rings is 1. The zero-order chi connectivity index (χ0) is 11.5. The molecule has 2 nitrogen and oxygen atoms in total. The largest absolute Gasteiger partial charge is 0.322 e. The van der Waals surface area contributed by atoms with Gasteiger partial charge in [-0.3, -0.25) is 4.79 Å². The molecule has 1 N–H and O–H groups in total. The molecule has 0 unspecified atom stereocenters. The van der Waals surface area contributed by atoms with E-state index < -0.39 is 0 Å². The topological polar surface area (TPSA) is 32.9 Å². The highest BCUT2D eigenvalue weighted by Gasteiger charge is 2.04. The number of hydrogen-bond acceptors (Lipinski definition) is 1. The lowest BCUT2D eigenvalue weighted by atomic mass is 10.1. The van der Waals surface area contributed by atoms with Gasteiger partial charge in [-0.2, -0.15) is 0 Å². The van der Waals surface area contributed by atoms with Crippen LogP contribution < -0.4 is 5.56 Å². The number of benzene rings is 1. The average Bonchev–Trinajstić information content (AvgIpc) is 2.27. The SMILES string of the molecule is O=c1[nH]c2cccc(Br)c2cc1CCCCl. The van der Waals surface area contributed by atoms with Gasteiger partial charge in [0.25, 0.3) is 5.56 Å². The molecular formula is C12H11BrClNO. The van der Waals surface area contributed by atoms with Crippen molar-refractivity contribution in [1.82, 2.24) is 4.98 Å². The fourth-order valence-corrected chi connectivity index (χ4v) is 2.29. The van der Waals surface area contributed by atoms with E-state index in [-0.39, 0.29) is 5.56 Å². The number of fused-ring (bicyclic) bond motifs is 1. The van der Waals surface area contributed by atoms with Crippen LogP contribution in [0.5, 0.6) is 0 Å². The van der Waals surface area contributed by atoms with Gasteiger partial charge in [-0.25, -0.2) is 0 Å². The van der Waals surface area contributed by atoms with Crippen LogP contribution >= 0.6 is 27.5 Å². The first-order valence-electron chi connectivity index (χ1n) is 5.09. The van der Waals surface area contributed by atoms with E-state index >= 15 is 0 Å². The highest BCUT2D eigenvalue weighted by molar-refractivity contribution is 9.10. The van der Waals surface area contributed by atoms with Crippen molar-refractivity contribution in [3.05, 3.63) is 44.7 Å². The zero-order valence-corrected chi connectivity index (χ0v) is 10.9. The molecule has 2 rings (SSSR count). The van der Waals surface area contributed by atoms with Gasteiger partial charge in [0.1, 0.15) is 0 Å². The highest BCUT2D eigenvalue weighted by Crippen LogP contribution is 2.22. The Kier molecular flexibility index (Phi) is 3.66. The van der Waals surface area contributed by atoms with E-state index in [4.69, 9.17) is 11.6 Å². The Labute approximate surface area is 107 Å². The first kappa shape index (κ1) is 11.7. The van der Waals surface area contributed by atoms with Gasteiger partial charge < -0.3 is 4.98 Å². The fraction of sp³-hybridized carbons (Fsp3) is 0.250. The summed E-state index contributed by atoms with van der Waals surface area (Å²) in [6.07, 6.45) is 1.54. The molecule has 0 fully saturated rings. The fourth-order valence-electron chi connectivity index (χ4n) is 1.68. The number of hydrogen-bond donors (Lipinski definition) is 1. The van der Waals surface area contributed by atoms with Gasteiger partial charge in [-0.15, -0.1) is 11.6 Å². The second kappa shape index (κ2) is 5.02. The second-order valence-electron chi connectivity index (χ2n) is 3.62. The molecule has 0 amide bonds. The average molecular weight is 301 g/mol. The summed E-state index contributed by atoms with van der Waals surface area (Å²) < 4.78 is 0.994. The van der Waals surface area contributed by atoms with E-state index in [0.717, 1.165) is 33.8 Å². The monoisotopic (exact) mass is 299 g/mol. The van der Waals surface area contributed by atoms with Crippen molar-refractivity contribution < 1.29 is 0 Å². The molecule has 0 radical (unpaired) electrons. The van der Waals surface area contributed by atoms with Gasteiger partial charge in [0.15, 0.2) is 0 Å². The van der Waals surface area contributed by atoms with E-state index in [2.05, 4.69) is 20.9 Å². The summed E-state index contributed by atoms with van der Waals surface area (Å²) in [6.45, 7) is 0. The van der Waals surface area contributed by atoms with Crippen LogP contribution in [-0.4, -0.2) is 10.9 Å². The minimum atomic E-state index is -0.0179. The van der Waals surface area contributed by atoms with Gasteiger partial charge in [0, 0.05) is 26.8 Å². The normalized spacial score (nSPS) is 10.9. The highest BCUT2D eigenvalue weighted by atomic mass is 79.9. The van der Waals surface area contributed by atoms with Crippen LogP contribution in [0.1, 0.15) is 12.0 Å². The molecule has 0 aliphatic heterocycles. The molecule has 84 valence electrons. The summed E-state index contributed by atoms with van der Waals surface area (Å²) >= 11 is 9.11. The third-order valence-corrected chi connectivity index (χ3v) is 3.45. The number of rotatable bonds is 3. The smallest absolute Gasteiger partial charge is 0.251 e. The lowest BCUT2D eigenvalue weighted by Gasteiger charge is -2.03. The van der Waals surface area contributed by atoms with Gasteiger partial charge in [-0.1, -0.05) is 22.0 Å². The van der Waals surface area contributed by atoms with Gasteiger partial charge in [-0.05, 0) is 31.0 Å². The van der Waals surface area contributed by atoms with Crippen molar-refractivity contribution in [2.45, 2.75) is 12.8 Å². The van der Waals surface area contributed by atoms with Gasteiger partial charge >= 0.3 is 0 Å². The standard InChI is InChI=1S/C12H11BrClNO/c13-10-4-1-5-11-9(10)7-8(3-2-6-14)12(16)15-11/h1,4-5,7H,2-3,6H2,(H,15,16). The maximum absolute atomic E-state index is 11.7. The van der Waals surface area contributed by atoms with Crippen molar-refractivity contribution in [2.75, 3.05) is 5.88 Å². The molecule has 0 spiro atoms. The van der Waals surface area contributed by atoms with Crippen molar-refractivity contribution in [1.29, 1.82) is 0 Å². The molecule has 1 heterocycles. The molecule has 0 saturated carbocycles. The number of aryl methyl sites for hydroxylation is 1. The van der Waals surface area contributed by atoms with Crippen molar-refractivity contribution in [2.24, 2.45) is 0 Å². The number of H-pyrrole nitrogens is 1. The van der Waals surface area contributed by atoms with Gasteiger partial charge in [0.2, 0.25) is 0 Å². The van der Waals surface area contributed by atoms with E-state index in [9.17, 15) is 4.79 Å². The third-order valence-electron chi connectivity index (χ3n) is 2.49. The minimum absolute atomic E-state index is 0.0179. The number of aromatic nitrogens is 1. The zero-order valence-electron chi connectivity index (χ0n) is 8.59.